The summed E-state index contributed by atoms with van der Waals surface area (Å²) in [5.74, 6) is -0.971. The predicted molar refractivity (Wildman–Crippen MR) is 150 cm³/mol. The molecule has 0 spiro atoms. The fourth-order valence-electron chi connectivity index (χ4n) is 3.83. The number of amidine groups is 1. The Morgan fingerprint density at radius 3 is 2.27 bits per heavy atom. The van der Waals surface area contributed by atoms with Crippen LogP contribution in [0.15, 0.2) is 81.0 Å². The summed E-state index contributed by atoms with van der Waals surface area (Å²) in [5.41, 5.74) is 6.76. The van der Waals surface area contributed by atoms with E-state index in [1.165, 1.54) is 24.3 Å². The first-order chi connectivity index (χ1) is 17.5. The predicted octanol–water partition coefficient (Wildman–Crippen LogP) is 5.25. The molecule has 0 radical (unpaired) electrons. The first-order valence-corrected chi connectivity index (χ1v) is 14.5. The molecular weight excluding hydrogens is 553 g/mol. The Labute approximate surface area is 229 Å². The van der Waals surface area contributed by atoms with Gasteiger partial charge < -0.3 is 5.73 Å². The molecule has 1 aliphatic rings. The molecule has 1 aliphatic heterocycles. The van der Waals surface area contributed by atoms with E-state index in [4.69, 9.17) is 34.0 Å². The lowest BCUT2D eigenvalue weighted by atomic mass is 10.0. The molecule has 12 heteroatoms. The number of carbonyl (C=O) groups is 1. The topological polar surface area (TPSA) is 117 Å². The van der Waals surface area contributed by atoms with Gasteiger partial charge in [-0.25, -0.2) is 8.42 Å². The van der Waals surface area contributed by atoms with Crippen molar-refractivity contribution in [1.29, 1.82) is 0 Å². The average Bonchev–Trinajstić information content (AvgIpc) is 3.52. The van der Waals surface area contributed by atoms with Crippen molar-refractivity contribution in [3.8, 4) is 0 Å². The van der Waals surface area contributed by atoms with Crippen LogP contribution in [0.4, 0.5) is 5.69 Å². The van der Waals surface area contributed by atoms with E-state index in [0.717, 1.165) is 10.6 Å². The summed E-state index contributed by atoms with van der Waals surface area (Å²) >= 11 is 13.6. The van der Waals surface area contributed by atoms with Gasteiger partial charge in [-0.2, -0.15) is 5.10 Å². The molecule has 194 valence electrons. The quantitative estimate of drug-likeness (QED) is 0.281. The van der Waals surface area contributed by atoms with Crippen molar-refractivity contribution in [2.24, 2.45) is 21.7 Å². The highest BCUT2D eigenvalue weighted by Gasteiger charge is 2.34. The Hall–Kier alpha value is -2.92. The number of nitrogens with two attached hydrogens (primary N) is 1. The van der Waals surface area contributed by atoms with E-state index in [0.29, 0.717) is 22.2 Å². The molecule has 2 aromatic carbocycles. The van der Waals surface area contributed by atoms with Gasteiger partial charge in [0.25, 0.3) is 10.0 Å². The Morgan fingerprint density at radius 2 is 1.73 bits per heavy atom. The molecular formula is C25H25Cl2N5O3S2. The molecule has 2 atom stereocenters. The Bertz CT molecular complexity index is 1420. The number of sulfonamides is 1. The monoisotopic (exact) mass is 577 g/mol. The van der Waals surface area contributed by atoms with E-state index in [1.807, 2.05) is 29.6 Å². The summed E-state index contributed by atoms with van der Waals surface area (Å²) in [6.07, 6.45) is 0.342. The molecule has 2 heterocycles. The minimum atomic E-state index is -4.08. The number of aliphatic imine (C=N–C) groups is 1. The van der Waals surface area contributed by atoms with Crippen LogP contribution in [0.1, 0.15) is 31.2 Å². The van der Waals surface area contributed by atoms with Crippen molar-refractivity contribution in [3.63, 3.8) is 0 Å². The van der Waals surface area contributed by atoms with E-state index in [-0.39, 0.29) is 22.7 Å². The molecule has 0 bridgehead atoms. The second-order valence-corrected chi connectivity index (χ2v) is 12.3. The van der Waals surface area contributed by atoms with Gasteiger partial charge in [-0.1, -0.05) is 43.1 Å². The van der Waals surface area contributed by atoms with Crippen LogP contribution in [0.3, 0.4) is 0 Å². The summed E-state index contributed by atoms with van der Waals surface area (Å²) < 4.78 is 29.2. The standard InChI is InChI=1S/C25H25Cl2N5O3S2/c1-15(2)23(24(28)33)29-25(31-37(34,35)19-11-7-17(27)8-12-19)20-14-21(22-4-3-13-36-22)32(30-20)18-9-5-16(26)6-10-18/h3-13,15,21,23H,14H2,1-2H3,(H2,28,33)(H,29,31)/t21?,23-/m0/s1. The van der Waals surface area contributed by atoms with Crippen molar-refractivity contribution in [2.75, 3.05) is 5.01 Å². The van der Waals surface area contributed by atoms with Crippen LogP contribution in [-0.4, -0.2) is 31.9 Å². The van der Waals surface area contributed by atoms with Gasteiger partial charge >= 0.3 is 0 Å². The molecule has 4 rings (SSSR count). The zero-order valence-electron chi connectivity index (χ0n) is 20.0. The number of nitrogens with zero attached hydrogens (tertiary/aromatic N) is 3. The number of anilines is 1. The maximum Gasteiger partial charge on any atom is 0.263 e. The van der Waals surface area contributed by atoms with Crippen LogP contribution in [0, 0.1) is 5.92 Å². The fraction of sp³-hybridized carbons (Fsp3) is 0.240. The molecule has 0 aliphatic carbocycles. The molecule has 0 saturated heterocycles. The first kappa shape index (κ1) is 27.1. The number of benzene rings is 2. The molecule has 8 nitrogen and oxygen atoms in total. The van der Waals surface area contributed by atoms with Crippen molar-refractivity contribution < 1.29 is 13.2 Å². The molecule has 1 unspecified atom stereocenters. The lowest BCUT2D eigenvalue weighted by molar-refractivity contribution is -0.120. The maximum absolute atomic E-state index is 13.3. The SMILES string of the molecule is CC(C)[C@H](N=C(NS(=O)(=O)c1ccc(Cl)cc1)C1=NN(c2ccc(Cl)cc2)C(c2cccs2)C1)C(N)=O. The molecule has 0 saturated carbocycles. The number of hydrogen-bond donors (Lipinski definition) is 2. The highest BCUT2D eigenvalue weighted by Crippen LogP contribution is 2.38. The summed E-state index contributed by atoms with van der Waals surface area (Å²) in [7, 11) is -4.08. The Balaban J connectivity index is 1.80. The zero-order valence-corrected chi connectivity index (χ0v) is 23.2. The number of carbonyl (C=O) groups excluding carboxylic acids is 1. The van der Waals surface area contributed by atoms with Gasteiger partial charge in [0.2, 0.25) is 5.91 Å². The average molecular weight is 579 g/mol. The minimum absolute atomic E-state index is 0.00673. The van der Waals surface area contributed by atoms with Crippen molar-refractivity contribution >= 4 is 67.7 Å². The molecule has 1 aromatic heterocycles. The van der Waals surface area contributed by atoms with Crippen LogP contribution < -0.4 is 15.5 Å². The van der Waals surface area contributed by atoms with E-state index in [9.17, 15) is 13.2 Å². The van der Waals surface area contributed by atoms with Crippen molar-refractivity contribution in [3.05, 3.63) is 81.0 Å². The zero-order chi connectivity index (χ0) is 26.7. The molecule has 1 amide bonds. The van der Waals surface area contributed by atoms with Gasteiger partial charge in [0.15, 0.2) is 5.84 Å². The van der Waals surface area contributed by atoms with Crippen LogP contribution in [0.2, 0.25) is 10.0 Å². The van der Waals surface area contributed by atoms with Gasteiger partial charge in [-0.15, -0.1) is 11.3 Å². The van der Waals surface area contributed by atoms with E-state index < -0.39 is 22.0 Å². The lowest BCUT2D eigenvalue weighted by Crippen LogP contribution is -2.40. The summed E-state index contributed by atoms with van der Waals surface area (Å²) in [6, 6.07) is 15.7. The lowest BCUT2D eigenvalue weighted by Gasteiger charge is -2.22. The fourth-order valence-corrected chi connectivity index (χ4v) is 5.93. The molecule has 3 aromatic rings. The molecule has 3 N–H and O–H groups in total. The summed E-state index contributed by atoms with van der Waals surface area (Å²) in [6.45, 7) is 3.57. The van der Waals surface area contributed by atoms with Gasteiger partial charge in [-0.05, 0) is 65.9 Å². The first-order valence-electron chi connectivity index (χ1n) is 11.4. The van der Waals surface area contributed by atoms with Crippen LogP contribution >= 0.6 is 34.5 Å². The van der Waals surface area contributed by atoms with E-state index in [1.54, 1.807) is 42.3 Å². The normalized spacial score (nSPS) is 17.1. The van der Waals surface area contributed by atoms with Crippen LogP contribution in [0.5, 0.6) is 0 Å². The van der Waals surface area contributed by atoms with Gasteiger partial charge in [-0.3, -0.25) is 19.5 Å². The van der Waals surface area contributed by atoms with E-state index >= 15 is 0 Å². The van der Waals surface area contributed by atoms with Gasteiger partial charge in [0, 0.05) is 21.3 Å². The highest BCUT2D eigenvalue weighted by molar-refractivity contribution is 7.90. The number of primary amides is 1. The van der Waals surface area contributed by atoms with Crippen molar-refractivity contribution in [1.82, 2.24) is 4.72 Å². The summed E-state index contributed by atoms with van der Waals surface area (Å²) in [4.78, 5) is 17.7. The Kier molecular flexibility index (Phi) is 8.23. The van der Waals surface area contributed by atoms with E-state index in [2.05, 4.69) is 9.71 Å². The minimum Gasteiger partial charge on any atom is -0.368 e. The van der Waals surface area contributed by atoms with Gasteiger partial charge in [0.1, 0.15) is 11.8 Å². The summed E-state index contributed by atoms with van der Waals surface area (Å²) in [5, 5.41) is 9.53. The number of hydrogen-bond acceptors (Lipinski definition) is 7. The number of rotatable bonds is 8. The number of amides is 1. The second kappa shape index (κ2) is 11.2. The van der Waals surface area contributed by atoms with Crippen molar-refractivity contribution in [2.45, 2.75) is 37.2 Å². The molecule has 0 fully saturated rings. The second-order valence-electron chi connectivity index (χ2n) is 8.73. The van der Waals surface area contributed by atoms with Crippen LogP contribution in [0.25, 0.3) is 0 Å². The number of thiophene rings is 1. The number of hydrazone groups is 1. The molecule has 37 heavy (non-hydrogen) atoms. The number of nitrogens with one attached hydrogen (secondary N) is 1. The third kappa shape index (κ3) is 6.32. The van der Waals surface area contributed by atoms with Crippen LogP contribution in [-0.2, 0) is 14.8 Å². The number of halogens is 2. The third-order valence-electron chi connectivity index (χ3n) is 5.69. The largest absolute Gasteiger partial charge is 0.368 e. The maximum atomic E-state index is 13.3. The third-order valence-corrected chi connectivity index (χ3v) is 8.52. The van der Waals surface area contributed by atoms with Gasteiger partial charge in [0.05, 0.1) is 16.6 Å². The smallest absolute Gasteiger partial charge is 0.263 e. The highest BCUT2D eigenvalue weighted by atomic mass is 35.5. The Morgan fingerprint density at radius 1 is 1.11 bits per heavy atom.